The molecule has 1 fully saturated rings. The summed E-state index contributed by atoms with van der Waals surface area (Å²) in [5.74, 6) is 5.69. The molecule has 0 radical (unpaired) electrons. The molecule has 180 valence electrons. The van der Waals surface area contributed by atoms with Gasteiger partial charge >= 0.3 is 0 Å². The van der Waals surface area contributed by atoms with Crippen molar-refractivity contribution in [1.82, 2.24) is 30.0 Å². The normalized spacial score (nSPS) is 19.3. The summed E-state index contributed by atoms with van der Waals surface area (Å²) in [5, 5.41) is 11.7. The van der Waals surface area contributed by atoms with Crippen LogP contribution in [-0.2, 0) is 19.6 Å². The van der Waals surface area contributed by atoms with Crippen LogP contribution in [0.1, 0.15) is 54.1 Å². The maximum Gasteiger partial charge on any atom is 0.260 e. The fourth-order valence-corrected chi connectivity index (χ4v) is 5.16. The van der Waals surface area contributed by atoms with E-state index in [0.717, 1.165) is 42.3 Å². The van der Waals surface area contributed by atoms with Crippen molar-refractivity contribution in [3.63, 3.8) is 0 Å². The molecule has 1 saturated heterocycles. The van der Waals surface area contributed by atoms with Gasteiger partial charge in [0.05, 0.1) is 23.8 Å². The summed E-state index contributed by atoms with van der Waals surface area (Å²) in [6.45, 7) is 7.84. The zero-order valence-corrected chi connectivity index (χ0v) is 20.6. The van der Waals surface area contributed by atoms with Gasteiger partial charge in [0.1, 0.15) is 23.2 Å². The van der Waals surface area contributed by atoms with Gasteiger partial charge in [-0.3, -0.25) is 9.69 Å². The predicted octanol–water partition coefficient (Wildman–Crippen LogP) is 2.93. The zero-order chi connectivity index (χ0) is 24.7. The molecule has 2 aliphatic heterocycles. The first-order valence-corrected chi connectivity index (χ1v) is 12.1. The monoisotopic (exact) mass is 470 g/mol. The molecule has 2 atom stereocenters. The van der Waals surface area contributed by atoms with Gasteiger partial charge in [0, 0.05) is 24.7 Å². The van der Waals surface area contributed by atoms with Crippen LogP contribution in [0.5, 0.6) is 0 Å². The zero-order valence-electron chi connectivity index (χ0n) is 20.6. The molecule has 5 rings (SSSR count). The van der Waals surface area contributed by atoms with Gasteiger partial charge in [-0.15, -0.1) is 16.6 Å². The van der Waals surface area contributed by atoms with Crippen molar-refractivity contribution >= 4 is 17.5 Å². The molecule has 0 bridgehead atoms. The van der Waals surface area contributed by atoms with Crippen molar-refractivity contribution < 1.29 is 4.79 Å². The highest BCUT2D eigenvalue weighted by atomic mass is 16.2. The lowest BCUT2D eigenvalue weighted by molar-refractivity contribution is 0.0996. The lowest BCUT2D eigenvalue weighted by atomic mass is 10.1. The number of fused-ring (bicyclic) bond motifs is 1. The summed E-state index contributed by atoms with van der Waals surface area (Å²) >= 11 is 0. The van der Waals surface area contributed by atoms with Crippen LogP contribution in [0.3, 0.4) is 0 Å². The minimum Gasteiger partial charge on any atom is -0.340 e. The number of aryl methyl sites for hydroxylation is 1. The van der Waals surface area contributed by atoms with Gasteiger partial charge in [-0.2, -0.15) is 0 Å². The Labute approximate surface area is 205 Å². The predicted molar refractivity (Wildman–Crippen MR) is 135 cm³/mol. The Bertz CT molecular complexity index is 1320. The Kier molecular flexibility index (Phi) is 5.99. The number of rotatable bonds is 6. The maximum absolute atomic E-state index is 13.7. The number of carbonyl (C=O) groups excluding carboxylic acids is 1. The molecule has 2 aliphatic rings. The van der Waals surface area contributed by atoms with E-state index < -0.39 is 0 Å². The minimum absolute atomic E-state index is 0.0108. The lowest BCUT2D eigenvalue weighted by Gasteiger charge is -2.27. The Morgan fingerprint density at radius 3 is 2.77 bits per heavy atom. The van der Waals surface area contributed by atoms with Crippen LogP contribution in [0.2, 0.25) is 0 Å². The second-order valence-corrected chi connectivity index (χ2v) is 9.09. The van der Waals surface area contributed by atoms with Crippen LogP contribution in [-0.4, -0.2) is 49.8 Å². The molecule has 1 N–H and O–H groups in total. The molecule has 0 spiro atoms. The number of aromatic nitrogens is 5. The summed E-state index contributed by atoms with van der Waals surface area (Å²) in [4.78, 5) is 27.3. The number of carbonyl (C=O) groups is 1. The lowest BCUT2D eigenvalue weighted by Crippen LogP contribution is -2.34. The van der Waals surface area contributed by atoms with Crippen molar-refractivity contribution in [1.29, 1.82) is 0 Å². The highest BCUT2D eigenvalue weighted by Gasteiger charge is 2.36. The average molecular weight is 471 g/mol. The molecule has 0 aromatic carbocycles. The number of anilines is 2. The van der Waals surface area contributed by atoms with Crippen LogP contribution in [0.25, 0.3) is 11.5 Å². The number of nitrogens with one attached hydrogen (secondary N) is 1. The molecule has 1 amide bonds. The van der Waals surface area contributed by atoms with Crippen molar-refractivity contribution in [2.45, 2.75) is 65.3 Å². The van der Waals surface area contributed by atoms with Crippen LogP contribution in [0, 0.1) is 19.3 Å². The van der Waals surface area contributed by atoms with Crippen molar-refractivity contribution in [2.75, 3.05) is 16.8 Å². The Morgan fingerprint density at radius 2 is 2.03 bits per heavy atom. The third-order valence-corrected chi connectivity index (χ3v) is 6.95. The van der Waals surface area contributed by atoms with Gasteiger partial charge in [0.25, 0.3) is 5.91 Å². The second kappa shape index (κ2) is 9.12. The number of amides is 1. The van der Waals surface area contributed by atoms with Crippen LogP contribution in [0.15, 0.2) is 24.3 Å². The first kappa shape index (κ1) is 23.0. The average Bonchev–Trinajstić information content (AvgIpc) is 3.53. The first-order chi connectivity index (χ1) is 17.0. The third kappa shape index (κ3) is 3.84. The first-order valence-electron chi connectivity index (χ1n) is 12.1. The topological polar surface area (TPSA) is 92.1 Å². The fourth-order valence-electron chi connectivity index (χ4n) is 5.16. The second-order valence-electron chi connectivity index (χ2n) is 9.09. The molecular weight excluding hydrogens is 440 g/mol. The van der Waals surface area contributed by atoms with E-state index in [2.05, 4.69) is 33.3 Å². The van der Waals surface area contributed by atoms with Gasteiger partial charge in [0.15, 0.2) is 5.82 Å². The highest BCUT2D eigenvalue weighted by molar-refractivity contribution is 6.10. The number of nitrogens with zero attached hydrogens (tertiary/aromatic N) is 7. The molecule has 35 heavy (non-hydrogen) atoms. The summed E-state index contributed by atoms with van der Waals surface area (Å²) in [6, 6.07) is 7.82. The summed E-state index contributed by atoms with van der Waals surface area (Å²) in [6.07, 6.45) is 7.75. The van der Waals surface area contributed by atoms with E-state index in [1.807, 2.05) is 49.7 Å². The third-order valence-electron chi connectivity index (χ3n) is 6.95. The van der Waals surface area contributed by atoms with E-state index in [9.17, 15) is 4.79 Å². The number of terminal acetylenes is 1. The SMILES string of the molecule is C#C[C@@H]1CC[C@@H](C)N1c1cc2c(c(CNC)n1)CN(c1cccc(-c3nnc(C)n3CC)n1)C2=O. The molecular formula is C26H30N8O. The van der Waals surface area contributed by atoms with Gasteiger partial charge in [-0.1, -0.05) is 12.0 Å². The number of pyridine rings is 2. The highest BCUT2D eigenvalue weighted by Crippen LogP contribution is 2.35. The number of hydrogen-bond acceptors (Lipinski definition) is 7. The molecule has 5 heterocycles. The fraction of sp³-hybridized carbons (Fsp3) is 0.423. The van der Waals surface area contributed by atoms with E-state index in [-0.39, 0.29) is 18.0 Å². The standard InChI is InChI=1S/C26H30N8O/c1-6-18-12-11-16(3)34(18)24-13-19-20(22(29-24)14-27-5)15-33(26(19)35)23-10-8-9-21(28-23)25-31-30-17(4)32(25)7-2/h1,8-10,13,16,18,27H,7,11-12,14-15H2,2-5H3/t16-,18-/m1/s1. The molecule has 0 unspecified atom stereocenters. The van der Waals surface area contributed by atoms with Crippen molar-refractivity contribution in [2.24, 2.45) is 0 Å². The van der Waals surface area contributed by atoms with Gasteiger partial charge in [0.2, 0.25) is 0 Å². The van der Waals surface area contributed by atoms with Crippen molar-refractivity contribution in [3.8, 4) is 23.9 Å². The summed E-state index contributed by atoms with van der Waals surface area (Å²) in [5.41, 5.74) is 3.14. The molecule has 3 aromatic heterocycles. The van der Waals surface area contributed by atoms with E-state index in [1.165, 1.54) is 0 Å². The van der Waals surface area contributed by atoms with Gasteiger partial charge in [-0.05, 0) is 58.9 Å². The van der Waals surface area contributed by atoms with Gasteiger partial charge < -0.3 is 14.8 Å². The van der Waals surface area contributed by atoms with Crippen LogP contribution >= 0.6 is 0 Å². The molecule has 0 aliphatic carbocycles. The minimum atomic E-state index is -0.0806. The maximum atomic E-state index is 13.7. The number of hydrogen-bond donors (Lipinski definition) is 1. The van der Waals surface area contributed by atoms with Crippen LogP contribution < -0.4 is 15.1 Å². The molecule has 9 nitrogen and oxygen atoms in total. The Balaban J connectivity index is 1.53. The smallest absolute Gasteiger partial charge is 0.260 e. The molecule has 3 aromatic rings. The van der Waals surface area contributed by atoms with E-state index >= 15 is 0 Å². The Hall–Kier alpha value is -3.77. The summed E-state index contributed by atoms with van der Waals surface area (Å²) in [7, 11) is 1.88. The van der Waals surface area contributed by atoms with E-state index in [1.54, 1.807) is 4.90 Å². The Morgan fingerprint density at radius 1 is 1.20 bits per heavy atom. The van der Waals surface area contributed by atoms with Crippen LogP contribution in [0.4, 0.5) is 11.6 Å². The van der Waals surface area contributed by atoms with E-state index in [0.29, 0.717) is 36.0 Å². The summed E-state index contributed by atoms with van der Waals surface area (Å²) < 4.78 is 2.01. The molecule has 9 heteroatoms. The van der Waals surface area contributed by atoms with E-state index in [4.69, 9.17) is 16.4 Å². The molecule has 0 saturated carbocycles. The largest absolute Gasteiger partial charge is 0.340 e. The quantitative estimate of drug-likeness (QED) is 0.554. The van der Waals surface area contributed by atoms with Gasteiger partial charge in [-0.25, -0.2) is 9.97 Å². The van der Waals surface area contributed by atoms with Crippen molar-refractivity contribution in [3.05, 3.63) is 46.9 Å².